The van der Waals surface area contributed by atoms with Crippen LogP contribution in [0.3, 0.4) is 0 Å². The fourth-order valence-corrected chi connectivity index (χ4v) is 1.81. The Bertz CT molecular complexity index is 639. The van der Waals surface area contributed by atoms with E-state index in [9.17, 15) is 19.3 Å². The molecular formula is C15H13FN2O3. The van der Waals surface area contributed by atoms with Gasteiger partial charge in [-0.25, -0.2) is 4.39 Å². The molecule has 0 fully saturated rings. The number of non-ortho nitro benzene ring substituents is 1. The number of carbonyl (C=O) groups excluding carboxylic acids is 1. The van der Waals surface area contributed by atoms with E-state index in [2.05, 4.69) is 5.32 Å². The Kier molecular flexibility index (Phi) is 4.61. The van der Waals surface area contributed by atoms with Crippen LogP contribution in [-0.4, -0.2) is 17.4 Å². The smallest absolute Gasteiger partial charge is 0.269 e. The number of rotatable bonds is 5. The predicted octanol–water partition coefficient (Wildman–Crippen LogP) is 2.71. The summed E-state index contributed by atoms with van der Waals surface area (Å²) in [6.45, 7) is 0.397. The summed E-state index contributed by atoms with van der Waals surface area (Å²) in [5.41, 5.74) is 1.31. The van der Waals surface area contributed by atoms with Gasteiger partial charge in [0.2, 0.25) is 0 Å². The van der Waals surface area contributed by atoms with E-state index in [1.165, 1.54) is 36.4 Å². The summed E-state index contributed by atoms with van der Waals surface area (Å²) in [6.07, 6.45) is 0.560. The molecular weight excluding hydrogens is 275 g/mol. The summed E-state index contributed by atoms with van der Waals surface area (Å²) in [7, 11) is 0. The number of halogens is 1. The van der Waals surface area contributed by atoms with Crippen molar-refractivity contribution in [3.63, 3.8) is 0 Å². The molecule has 0 spiro atoms. The van der Waals surface area contributed by atoms with E-state index in [-0.39, 0.29) is 11.6 Å². The van der Waals surface area contributed by atoms with E-state index in [0.717, 1.165) is 5.56 Å². The molecule has 108 valence electrons. The summed E-state index contributed by atoms with van der Waals surface area (Å²) in [4.78, 5) is 21.8. The predicted molar refractivity (Wildman–Crippen MR) is 75.5 cm³/mol. The molecule has 0 aliphatic heterocycles. The molecule has 2 aromatic rings. The first kappa shape index (κ1) is 14.6. The van der Waals surface area contributed by atoms with Crippen LogP contribution >= 0.6 is 0 Å². The Morgan fingerprint density at radius 1 is 1.10 bits per heavy atom. The number of hydrogen-bond donors (Lipinski definition) is 1. The Morgan fingerprint density at radius 3 is 2.29 bits per heavy atom. The molecule has 0 saturated heterocycles. The van der Waals surface area contributed by atoms with Crippen LogP contribution < -0.4 is 5.32 Å². The third-order valence-electron chi connectivity index (χ3n) is 2.95. The SMILES string of the molecule is O=C(NCCc1ccc([N+](=O)[O-])cc1)c1ccc(F)cc1. The van der Waals surface area contributed by atoms with Crippen LogP contribution in [0.4, 0.5) is 10.1 Å². The molecule has 1 N–H and O–H groups in total. The van der Waals surface area contributed by atoms with Gasteiger partial charge in [-0.05, 0) is 36.2 Å². The van der Waals surface area contributed by atoms with Crippen LogP contribution in [0.5, 0.6) is 0 Å². The molecule has 0 radical (unpaired) electrons. The minimum Gasteiger partial charge on any atom is -0.352 e. The minimum absolute atomic E-state index is 0.0362. The van der Waals surface area contributed by atoms with Crippen molar-refractivity contribution in [1.82, 2.24) is 5.32 Å². The van der Waals surface area contributed by atoms with Gasteiger partial charge in [0.1, 0.15) is 5.82 Å². The highest BCUT2D eigenvalue weighted by atomic mass is 19.1. The molecule has 6 heteroatoms. The first-order valence-electron chi connectivity index (χ1n) is 6.33. The van der Waals surface area contributed by atoms with Crippen molar-refractivity contribution in [3.05, 3.63) is 75.6 Å². The van der Waals surface area contributed by atoms with Crippen LogP contribution in [-0.2, 0) is 6.42 Å². The third kappa shape index (κ3) is 4.10. The number of nitrogens with one attached hydrogen (secondary N) is 1. The van der Waals surface area contributed by atoms with Gasteiger partial charge in [0.05, 0.1) is 4.92 Å². The van der Waals surface area contributed by atoms with E-state index < -0.39 is 10.7 Å². The average Bonchev–Trinajstić information content (AvgIpc) is 2.48. The topological polar surface area (TPSA) is 72.2 Å². The molecule has 0 atom stereocenters. The van der Waals surface area contributed by atoms with Crippen LogP contribution in [0.25, 0.3) is 0 Å². The second-order valence-corrected chi connectivity index (χ2v) is 4.44. The molecule has 5 nitrogen and oxygen atoms in total. The molecule has 0 saturated carbocycles. The standard InChI is InChI=1S/C15H13FN2O3/c16-13-5-3-12(4-6-13)15(19)17-10-9-11-1-7-14(8-2-11)18(20)21/h1-8H,9-10H2,(H,17,19). The largest absolute Gasteiger partial charge is 0.352 e. The van der Waals surface area contributed by atoms with Crippen molar-refractivity contribution in [2.24, 2.45) is 0 Å². The lowest BCUT2D eigenvalue weighted by Crippen LogP contribution is -2.25. The molecule has 0 aromatic heterocycles. The summed E-state index contributed by atoms with van der Waals surface area (Å²) in [6, 6.07) is 11.4. The van der Waals surface area contributed by atoms with Crippen molar-refractivity contribution < 1.29 is 14.1 Å². The Hall–Kier alpha value is -2.76. The third-order valence-corrected chi connectivity index (χ3v) is 2.95. The minimum atomic E-state index is -0.458. The molecule has 0 aliphatic carbocycles. The number of hydrogen-bond acceptors (Lipinski definition) is 3. The molecule has 1 amide bonds. The highest BCUT2D eigenvalue weighted by Gasteiger charge is 2.06. The van der Waals surface area contributed by atoms with Gasteiger partial charge < -0.3 is 5.32 Å². The lowest BCUT2D eigenvalue weighted by Gasteiger charge is -2.05. The molecule has 0 unspecified atom stereocenters. The zero-order valence-corrected chi connectivity index (χ0v) is 11.1. The van der Waals surface area contributed by atoms with Gasteiger partial charge in [-0.3, -0.25) is 14.9 Å². The van der Waals surface area contributed by atoms with Gasteiger partial charge in [0.25, 0.3) is 11.6 Å². The van der Waals surface area contributed by atoms with E-state index >= 15 is 0 Å². The maximum absolute atomic E-state index is 12.7. The van der Waals surface area contributed by atoms with E-state index in [1.54, 1.807) is 12.1 Å². The Morgan fingerprint density at radius 2 is 1.71 bits per heavy atom. The lowest BCUT2D eigenvalue weighted by atomic mass is 10.1. The monoisotopic (exact) mass is 288 g/mol. The van der Waals surface area contributed by atoms with Crippen LogP contribution in [0.1, 0.15) is 15.9 Å². The van der Waals surface area contributed by atoms with Crippen molar-refractivity contribution in [2.75, 3.05) is 6.54 Å². The highest BCUT2D eigenvalue weighted by molar-refractivity contribution is 5.94. The van der Waals surface area contributed by atoms with Crippen molar-refractivity contribution in [1.29, 1.82) is 0 Å². The molecule has 0 aliphatic rings. The summed E-state index contributed by atoms with van der Waals surface area (Å²) in [5, 5.41) is 13.2. The fourth-order valence-electron chi connectivity index (χ4n) is 1.81. The highest BCUT2D eigenvalue weighted by Crippen LogP contribution is 2.12. The average molecular weight is 288 g/mol. The quantitative estimate of drug-likeness (QED) is 0.679. The van der Waals surface area contributed by atoms with Gasteiger partial charge in [-0.1, -0.05) is 12.1 Å². The van der Waals surface area contributed by atoms with Crippen molar-refractivity contribution in [2.45, 2.75) is 6.42 Å². The Balaban J connectivity index is 1.85. The van der Waals surface area contributed by atoms with Crippen molar-refractivity contribution in [3.8, 4) is 0 Å². The molecule has 21 heavy (non-hydrogen) atoms. The van der Waals surface area contributed by atoms with Gasteiger partial charge >= 0.3 is 0 Å². The second-order valence-electron chi connectivity index (χ2n) is 4.44. The number of nitro groups is 1. The Labute approximate surface area is 120 Å². The van der Waals surface area contributed by atoms with Gasteiger partial charge in [0, 0.05) is 24.2 Å². The number of nitro benzene ring substituents is 1. The maximum Gasteiger partial charge on any atom is 0.269 e. The van der Waals surface area contributed by atoms with E-state index in [1.807, 2.05) is 0 Å². The number of amides is 1. The maximum atomic E-state index is 12.7. The zero-order chi connectivity index (χ0) is 15.2. The first-order chi connectivity index (χ1) is 10.1. The molecule has 0 heterocycles. The van der Waals surface area contributed by atoms with Gasteiger partial charge in [0.15, 0.2) is 0 Å². The van der Waals surface area contributed by atoms with E-state index in [4.69, 9.17) is 0 Å². The fraction of sp³-hybridized carbons (Fsp3) is 0.133. The number of benzene rings is 2. The molecule has 0 bridgehead atoms. The van der Waals surface area contributed by atoms with E-state index in [0.29, 0.717) is 18.5 Å². The normalized spacial score (nSPS) is 10.1. The first-order valence-corrected chi connectivity index (χ1v) is 6.33. The van der Waals surface area contributed by atoms with Gasteiger partial charge in [-0.2, -0.15) is 0 Å². The van der Waals surface area contributed by atoms with Crippen LogP contribution in [0, 0.1) is 15.9 Å². The number of nitrogens with zero attached hydrogens (tertiary/aromatic N) is 1. The van der Waals surface area contributed by atoms with Gasteiger partial charge in [-0.15, -0.1) is 0 Å². The summed E-state index contributed by atoms with van der Waals surface area (Å²) >= 11 is 0. The zero-order valence-electron chi connectivity index (χ0n) is 11.1. The van der Waals surface area contributed by atoms with Crippen molar-refractivity contribution >= 4 is 11.6 Å². The second kappa shape index (κ2) is 6.60. The van der Waals surface area contributed by atoms with Crippen LogP contribution in [0.15, 0.2) is 48.5 Å². The lowest BCUT2D eigenvalue weighted by molar-refractivity contribution is -0.384. The molecule has 2 aromatic carbocycles. The summed E-state index contributed by atoms with van der Waals surface area (Å²) in [5.74, 6) is -0.672. The molecule has 2 rings (SSSR count). The van der Waals surface area contributed by atoms with Crippen LogP contribution in [0.2, 0.25) is 0 Å². The number of carbonyl (C=O) groups is 1. The summed E-state index contributed by atoms with van der Waals surface area (Å²) < 4.78 is 12.7.